The van der Waals surface area contributed by atoms with E-state index in [0.717, 1.165) is 6.54 Å². The quantitative estimate of drug-likeness (QED) is 0.583. The summed E-state index contributed by atoms with van der Waals surface area (Å²) in [5.41, 5.74) is 8.62. The van der Waals surface area contributed by atoms with Crippen LogP contribution in [0.1, 0.15) is 11.6 Å². The highest BCUT2D eigenvalue weighted by Gasteiger charge is 2.13. The van der Waals surface area contributed by atoms with Gasteiger partial charge in [-0.2, -0.15) is 0 Å². The first-order valence-corrected chi connectivity index (χ1v) is 4.86. The van der Waals surface area contributed by atoms with E-state index >= 15 is 0 Å². The van der Waals surface area contributed by atoms with E-state index in [2.05, 4.69) is 41.9 Å². The lowest BCUT2D eigenvalue weighted by Gasteiger charge is -2.19. The average Bonchev–Trinajstić information content (AvgIpc) is 2.24. The third kappa shape index (κ3) is 0.946. The molecule has 2 heteroatoms. The van der Waals surface area contributed by atoms with Crippen molar-refractivity contribution in [2.75, 3.05) is 6.54 Å². The molecule has 1 atom stereocenters. The zero-order valence-corrected chi connectivity index (χ0v) is 7.83. The first-order valence-electron chi connectivity index (χ1n) is 4.86. The van der Waals surface area contributed by atoms with Crippen molar-refractivity contribution in [1.29, 1.82) is 0 Å². The molecule has 0 fully saturated rings. The second-order valence-electron chi connectivity index (χ2n) is 3.75. The highest BCUT2D eigenvalue weighted by atomic mass is 14.8. The molecule has 0 radical (unpaired) electrons. The number of hydrogen-bond acceptors (Lipinski definition) is 2. The van der Waals surface area contributed by atoms with Crippen LogP contribution in [0, 0.1) is 0 Å². The van der Waals surface area contributed by atoms with Crippen LogP contribution in [0.4, 0.5) is 0 Å². The van der Waals surface area contributed by atoms with E-state index in [0.29, 0.717) is 0 Å². The summed E-state index contributed by atoms with van der Waals surface area (Å²) in [5.74, 6) is 0. The summed E-state index contributed by atoms with van der Waals surface area (Å²) < 4.78 is 0. The highest BCUT2D eigenvalue weighted by Crippen LogP contribution is 2.13. The molecule has 0 bridgehead atoms. The molecule has 3 N–H and O–H groups in total. The van der Waals surface area contributed by atoms with E-state index < -0.39 is 0 Å². The lowest BCUT2D eigenvalue weighted by atomic mass is 9.93. The van der Waals surface area contributed by atoms with E-state index in [4.69, 9.17) is 5.73 Å². The van der Waals surface area contributed by atoms with Crippen LogP contribution < -0.4 is 21.5 Å². The standard InChI is InChI=1S/C12H12N2/c13-11-5-4-9-7-14-6-8-2-1-3-10(11)12(8)9/h1-6,11,14H,7,13H2. The van der Waals surface area contributed by atoms with Crippen LogP contribution in [-0.4, -0.2) is 6.54 Å². The fraction of sp³-hybridized carbons (Fsp3) is 0.167. The highest BCUT2D eigenvalue weighted by molar-refractivity contribution is 5.65. The molecule has 14 heavy (non-hydrogen) atoms. The normalized spacial score (nSPS) is 22.4. The minimum atomic E-state index is 0.0557. The van der Waals surface area contributed by atoms with Crippen molar-refractivity contribution >= 4 is 11.8 Å². The van der Waals surface area contributed by atoms with Gasteiger partial charge in [0.2, 0.25) is 0 Å². The Morgan fingerprint density at radius 1 is 1.36 bits per heavy atom. The van der Waals surface area contributed by atoms with Gasteiger partial charge in [0, 0.05) is 18.8 Å². The van der Waals surface area contributed by atoms with Crippen LogP contribution in [0.25, 0.3) is 11.8 Å². The number of nitrogens with one attached hydrogen (secondary N) is 1. The summed E-state index contributed by atoms with van der Waals surface area (Å²) >= 11 is 0. The average molecular weight is 184 g/mol. The summed E-state index contributed by atoms with van der Waals surface area (Å²) in [6.45, 7) is 0.910. The van der Waals surface area contributed by atoms with Crippen molar-refractivity contribution in [1.82, 2.24) is 5.32 Å². The molecule has 0 amide bonds. The van der Waals surface area contributed by atoms with E-state index in [9.17, 15) is 0 Å². The second-order valence-corrected chi connectivity index (χ2v) is 3.75. The summed E-state index contributed by atoms with van der Waals surface area (Å²) in [5, 5.41) is 5.85. The molecule has 1 aromatic carbocycles. The summed E-state index contributed by atoms with van der Waals surface area (Å²) in [6, 6.07) is 6.36. The fourth-order valence-electron chi connectivity index (χ4n) is 2.18. The Kier molecular flexibility index (Phi) is 1.52. The van der Waals surface area contributed by atoms with Gasteiger partial charge in [0.15, 0.2) is 0 Å². The third-order valence-corrected chi connectivity index (χ3v) is 2.86. The van der Waals surface area contributed by atoms with Gasteiger partial charge in [-0.3, -0.25) is 0 Å². The smallest absolute Gasteiger partial charge is 0.0490 e. The van der Waals surface area contributed by atoms with Crippen LogP contribution >= 0.6 is 0 Å². The zero-order chi connectivity index (χ0) is 9.54. The lowest BCUT2D eigenvalue weighted by molar-refractivity contribution is 0.878. The van der Waals surface area contributed by atoms with E-state index in [1.54, 1.807) is 0 Å². The van der Waals surface area contributed by atoms with Crippen LogP contribution in [0.2, 0.25) is 0 Å². The van der Waals surface area contributed by atoms with Crippen molar-refractivity contribution < 1.29 is 0 Å². The monoisotopic (exact) mass is 184 g/mol. The lowest BCUT2D eigenvalue weighted by Crippen LogP contribution is -2.41. The predicted octanol–water partition coefficient (Wildman–Crippen LogP) is -0.252. The molecule has 1 heterocycles. The molecular formula is C12H12N2. The maximum Gasteiger partial charge on any atom is 0.0490 e. The maximum absolute atomic E-state index is 6.02. The van der Waals surface area contributed by atoms with E-state index in [1.807, 2.05) is 0 Å². The third-order valence-electron chi connectivity index (χ3n) is 2.86. The van der Waals surface area contributed by atoms with Crippen LogP contribution in [0.15, 0.2) is 30.4 Å². The van der Waals surface area contributed by atoms with Crippen molar-refractivity contribution in [3.05, 3.63) is 46.4 Å². The van der Waals surface area contributed by atoms with Crippen LogP contribution in [0.3, 0.4) is 0 Å². The molecule has 70 valence electrons. The number of benzene rings is 1. The summed E-state index contributed by atoms with van der Waals surface area (Å²) in [4.78, 5) is 0. The number of nitrogens with two attached hydrogens (primary N) is 1. The van der Waals surface area contributed by atoms with Gasteiger partial charge in [-0.15, -0.1) is 0 Å². The van der Waals surface area contributed by atoms with Gasteiger partial charge in [0.25, 0.3) is 0 Å². The molecule has 1 aromatic rings. The molecule has 3 rings (SSSR count). The molecule has 0 saturated carbocycles. The Morgan fingerprint density at radius 2 is 2.29 bits per heavy atom. The van der Waals surface area contributed by atoms with Crippen molar-refractivity contribution in [2.24, 2.45) is 5.73 Å². The first kappa shape index (κ1) is 7.83. The van der Waals surface area contributed by atoms with Crippen molar-refractivity contribution in [3.63, 3.8) is 0 Å². The Bertz CT molecular complexity index is 526. The fourth-order valence-corrected chi connectivity index (χ4v) is 2.18. The molecule has 0 spiro atoms. The Morgan fingerprint density at radius 3 is 3.21 bits per heavy atom. The van der Waals surface area contributed by atoms with Gasteiger partial charge >= 0.3 is 0 Å². The van der Waals surface area contributed by atoms with Crippen molar-refractivity contribution in [3.8, 4) is 0 Å². The number of hydrogen-bond donors (Lipinski definition) is 2. The summed E-state index contributed by atoms with van der Waals surface area (Å²) in [7, 11) is 0. The van der Waals surface area contributed by atoms with Crippen LogP contribution in [-0.2, 0) is 0 Å². The maximum atomic E-state index is 6.02. The number of rotatable bonds is 0. The van der Waals surface area contributed by atoms with Gasteiger partial charge in [0.1, 0.15) is 0 Å². The van der Waals surface area contributed by atoms with Gasteiger partial charge in [-0.25, -0.2) is 0 Å². The molecule has 2 nitrogen and oxygen atoms in total. The minimum absolute atomic E-state index is 0.0557. The van der Waals surface area contributed by atoms with Gasteiger partial charge < -0.3 is 11.1 Å². The largest absolute Gasteiger partial charge is 0.386 e. The molecule has 1 aliphatic carbocycles. The van der Waals surface area contributed by atoms with Crippen molar-refractivity contribution in [2.45, 2.75) is 6.04 Å². The molecule has 0 saturated heterocycles. The Labute approximate surface area is 82.4 Å². The first-order chi connectivity index (χ1) is 6.86. The van der Waals surface area contributed by atoms with Gasteiger partial charge in [0.05, 0.1) is 0 Å². The van der Waals surface area contributed by atoms with E-state index in [-0.39, 0.29) is 6.04 Å². The molecule has 1 unspecified atom stereocenters. The zero-order valence-electron chi connectivity index (χ0n) is 7.83. The van der Waals surface area contributed by atoms with Gasteiger partial charge in [-0.1, -0.05) is 30.4 Å². The SMILES string of the molecule is NC1C=CC2=c3c1cccc3=CNC2. The van der Waals surface area contributed by atoms with Crippen LogP contribution in [0.5, 0.6) is 0 Å². The second kappa shape index (κ2) is 2.72. The summed E-state index contributed by atoms with van der Waals surface area (Å²) in [6.07, 6.45) is 6.26. The molecule has 0 aromatic heterocycles. The predicted molar refractivity (Wildman–Crippen MR) is 57.6 cm³/mol. The molecule has 2 aliphatic rings. The molecule has 1 aliphatic heterocycles. The van der Waals surface area contributed by atoms with Gasteiger partial charge in [-0.05, 0) is 21.6 Å². The Hall–Kier alpha value is -1.54. The topological polar surface area (TPSA) is 38.0 Å². The van der Waals surface area contributed by atoms with E-state index in [1.165, 1.54) is 21.6 Å². The molecular weight excluding hydrogens is 172 g/mol. The minimum Gasteiger partial charge on any atom is -0.386 e. The Balaban J connectivity index is 2.52.